The number of imide groups is 1. The van der Waals surface area contributed by atoms with Crippen LogP contribution in [0, 0.1) is 23.7 Å². The van der Waals surface area contributed by atoms with E-state index >= 15 is 0 Å². The molecule has 5 rings (SSSR count). The Balaban J connectivity index is 1.65. The highest BCUT2D eigenvalue weighted by Crippen LogP contribution is 2.53. The predicted molar refractivity (Wildman–Crippen MR) is 76.4 cm³/mol. The molecule has 2 aliphatic carbocycles. The maximum atomic E-state index is 12.8. The van der Waals surface area contributed by atoms with Crippen molar-refractivity contribution in [1.82, 2.24) is 0 Å². The third-order valence-electron chi connectivity index (χ3n) is 5.17. The van der Waals surface area contributed by atoms with Gasteiger partial charge in [0.1, 0.15) is 11.8 Å². The van der Waals surface area contributed by atoms with E-state index in [2.05, 4.69) is 12.2 Å². The number of amides is 2. The first-order valence-corrected chi connectivity index (χ1v) is 7.28. The first-order chi connectivity index (χ1) is 10.3. The number of hydrogen-bond acceptors (Lipinski definition) is 3. The van der Waals surface area contributed by atoms with Gasteiger partial charge in [-0.15, -0.1) is 0 Å². The molecule has 2 amide bonds. The van der Waals surface area contributed by atoms with Crippen molar-refractivity contribution >= 4 is 28.5 Å². The van der Waals surface area contributed by atoms with Crippen molar-refractivity contribution in [2.24, 2.45) is 23.7 Å². The summed E-state index contributed by atoms with van der Waals surface area (Å²) in [5, 5.41) is 0.819. The van der Waals surface area contributed by atoms with Crippen LogP contribution in [0.3, 0.4) is 0 Å². The van der Waals surface area contributed by atoms with Gasteiger partial charge in [0.25, 0.3) is 0 Å². The van der Waals surface area contributed by atoms with Gasteiger partial charge in [0.2, 0.25) is 11.8 Å². The van der Waals surface area contributed by atoms with Crippen molar-refractivity contribution < 1.29 is 14.0 Å². The van der Waals surface area contributed by atoms with Gasteiger partial charge in [0.15, 0.2) is 0 Å². The van der Waals surface area contributed by atoms with Crippen LogP contribution in [0.5, 0.6) is 0 Å². The number of fused-ring (bicyclic) bond motifs is 6. The van der Waals surface area contributed by atoms with Crippen LogP contribution in [0.1, 0.15) is 6.42 Å². The van der Waals surface area contributed by atoms with E-state index in [1.807, 2.05) is 24.3 Å². The molecule has 4 nitrogen and oxygen atoms in total. The molecule has 2 heterocycles. The lowest BCUT2D eigenvalue weighted by Crippen LogP contribution is -2.32. The summed E-state index contributed by atoms with van der Waals surface area (Å²) in [7, 11) is 0. The highest BCUT2D eigenvalue weighted by Gasteiger charge is 2.59. The summed E-state index contributed by atoms with van der Waals surface area (Å²) in [6.45, 7) is 0. The van der Waals surface area contributed by atoms with Gasteiger partial charge in [-0.05, 0) is 30.4 Å². The number of furan rings is 1. The maximum absolute atomic E-state index is 12.8. The van der Waals surface area contributed by atoms with Crippen LogP contribution in [0.15, 0.2) is 47.1 Å². The fraction of sp³-hybridized carbons (Fsp3) is 0.294. The van der Waals surface area contributed by atoms with Crippen molar-refractivity contribution in [3.63, 3.8) is 0 Å². The molecule has 2 bridgehead atoms. The smallest absolute Gasteiger partial charge is 0.238 e. The van der Waals surface area contributed by atoms with Crippen LogP contribution in [-0.4, -0.2) is 11.8 Å². The van der Waals surface area contributed by atoms with Gasteiger partial charge in [0.05, 0.1) is 17.5 Å². The number of allylic oxidation sites excluding steroid dienone is 2. The SMILES string of the molecule is O=C1[C@@H]2[C@H](C(=O)N1c1coc3ccccc13)[C@@H]1C=C[C@H]2C1. The number of anilines is 1. The molecular formula is C17H13NO3. The lowest BCUT2D eigenvalue weighted by molar-refractivity contribution is -0.123. The first kappa shape index (κ1) is 11.3. The molecule has 0 radical (unpaired) electrons. The second-order valence-corrected chi connectivity index (χ2v) is 6.13. The summed E-state index contributed by atoms with van der Waals surface area (Å²) in [6.07, 6.45) is 6.69. The highest BCUT2D eigenvalue weighted by atomic mass is 16.3. The second-order valence-electron chi connectivity index (χ2n) is 6.13. The van der Waals surface area contributed by atoms with Crippen molar-refractivity contribution in [3.05, 3.63) is 42.7 Å². The highest BCUT2D eigenvalue weighted by molar-refractivity contribution is 6.25. The molecule has 104 valence electrons. The van der Waals surface area contributed by atoms with E-state index in [1.54, 1.807) is 0 Å². The minimum Gasteiger partial charge on any atom is -0.462 e. The molecule has 0 N–H and O–H groups in total. The van der Waals surface area contributed by atoms with E-state index in [0.717, 1.165) is 11.8 Å². The quantitative estimate of drug-likeness (QED) is 0.595. The molecule has 1 saturated heterocycles. The van der Waals surface area contributed by atoms with Crippen molar-refractivity contribution in [2.45, 2.75) is 6.42 Å². The fourth-order valence-electron chi connectivity index (χ4n) is 4.28. The minimum atomic E-state index is -0.166. The Hall–Kier alpha value is -2.36. The summed E-state index contributed by atoms with van der Waals surface area (Å²) < 4.78 is 5.49. The Morgan fingerprint density at radius 3 is 2.38 bits per heavy atom. The number of para-hydroxylation sites is 1. The molecule has 1 aromatic heterocycles. The monoisotopic (exact) mass is 279 g/mol. The van der Waals surface area contributed by atoms with Crippen LogP contribution in [-0.2, 0) is 9.59 Å². The average molecular weight is 279 g/mol. The van der Waals surface area contributed by atoms with E-state index in [4.69, 9.17) is 4.42 Å². The van der Waals surface area contributed by atoms with Crippen LogP contribution >= 0.6 is 0 Å². The van der Waals surface area contributed by atoms with Gasteiger partial charge in [-0.1, -0.05) is 24.3 Å². The van der Waals surface area contributed by atoms with Gasteiger partial charge in [-0.2, -0.15) is 0 Å². The lowest BCUT2D eigenvalue weighted by Gasteiger charge is -2.15. The van der Waals surface area contributed by atoms with Gasteiger partial charge < -0.3 is 4.42 Å². The van der Waals surface area contributed by atoms with Crippen LogP contribution in [0.25, 0.3) is 11.0 Å². The fourth-order valence-corrected chi connectivity index (χ4v) is 4.28. The Bertz CT molecular complexity index is 788. The van der Waals surface area contributed by atoms with E-state index in [9.17, 15) is 9.59 Å². The molecule has 4 atom stereocenters. The third-order valence-corrected chi connectivity index (χ3v) is 5.17. The van der Waals surface area contributed by atoms with Crippen LogP contribution in [0.2, 0.25) is 0 Å². The number of nitrogens with zero attached hydrogens (tertiary/aromatic N) is 1. The number of carbonyl (C=O) groups excluding carboxylic acids is 2. The standard InChI is InChI=1S/C17H13NO3/c19-16-14-9-5-6-10(7-9)15(14)17(20)18(16)12-8-21-13-4-2-1-3-11(12)13/h1-6,8-10,14-15H,7H2/t9-,10+,14-,15+. The van der Waals surface area contributed by atoms with Gasteiger partial charge in [-0.3, -0.25) is 9.59 Å². The van der Waals surface area contributed by atoms with Crippen molar-refractivity contribution in [1.29, 1.82) is 0 Å². The zero-order chi connectivity index (χ0) is 14.1. The zero-order valence-corrected chi connectivity index (χ0v) is 11.2. The van der Waals surface area contributed by atoms with Gasteiger partial charge in [0, 0.05) is 5.39 Å². The van der Waals surface area contributed by atoms with Crippen LogP contribution < -0.4 is 4.90 Å². The Kier molecular flexibility index (Phi) is 1.96. The van der Waals surface area contributed by atoms with E-state index in [1.165, 1.54) is 11.2 Å². The molecule has 1 saturated carbocycles. The summed E-state index contributed by atoms with van der Waals surface area (Å²) in [6, 6.07) is 7.49. The van der Waals surface area contributed by atoms with Crippen molar-refractivity contribution in [2.75, 3.05) is 4.90 Å². The van der Waals surface area contributed by atoms with E-state index in [0.29, 0.717) is 11.3 Å². The van der Waals surface area contributed by atoms with Crippen LogP contribution in [0.4, 0.5) is 5.69 Å². The molecule has 3 aliphatic rings. The number of carbonyl (C=O) groups is 2. The summed E-state index contributed by atoms with van der Waals surface area (Å²) in [4.78, 5) is 26.9. The third kappa shape index (κ3) is 1.25. The molecular weight excluding hydrogens is 266 g/mol. The maximum Gasteiger partial charge on any atom is 0.238 e. The van der Waals surface area contributed by atoms with E-state index < -0.39 is 0 Å². The summed E-state index contributed by atoms with van der Waals surface area (Å²) in [5.41, 5.74) is 1.29. The average Bonchev–Trinajstić information content (AvgIpc) is 3.23. The Morgan fingerprint density at radius 2 is 1.67 bits per heavy atom. The summed E-state index contributed by atoms with van der Waals surface area (Å²) >= 11 is 0. The summed E-state index contributed by atoms with van der Waals surface area (Å²) in [5.74, 6) is 0.0170. The normalized spacial score (nSPS) is 33.4. The Morgan fingerprint density at radius 1 is 1.00 bits per heavy atom. The van der Waals surface area contributed by atoms with E-state index in [-0.39, 0.29) is 35.5 Å². The number of rotatable bonds is 1. The van der Waals surface area contributed by atoms with Crippen molar-refractivity contribution in [3.8, 4) is 0 Å². The minimum absolute atomic E-state index is 0.0617. The first-order valence-electron chi connectivity index (χ1n) is 7.28. The van der Waals surface area contributed by atoms with Gasteiger partial charge >= 0.3 is 0 Å². The number of benzene rings is 1. The molecule has 0 unspecified atom stereocenters. The lowest BCUT2D eigenvalue weighted by atomic mass is 9.85. The number of hydrogen-bond donors (Lipinski definition) is 0. The largest absolute Gasteiger partial charge is 0.462 e. The molecule has 4 heteroatoms. The zero-order valence-electron chi connectivity index (χ0n) is 11.2. The van der Waals surface area contributed by atoms with Gasteiger partial charge in [-0.25, -0.2) is 4.90 Å². The second kappa shape index (κ2) is 3.64. The Labute approximate surface area is 121 Å². The molecule has 0 spiro atoms. The molecule has 1 aromatic carbocycles. The predicted octanol–water partition coefficient (Wildman–Crippen LogP) is 2.74. The molecule has 21 heavy (non-hydrogen) atoms. The molecule has 1 aliphatic heterocycles. The topological polar surface area (TPSA) is 50.5 Å². The molecule has 2 fully saturated rings. The molecule has 2 aromatic rings.